The van der Waals surface area contributed by atoms with Crippen LogP contribution in [0.5, 0.6) is 5.88 Å². The standard InChI is InChI=1S/C16H29N3O/c1-6-7-15-10-14(12-17-13(2)3)11-16(18-15)20-9-8-19(4)5/h10-11,13,17H,6-9,12H2,1-5H3. The zero-order valence-corrected chi connectivity index (χ0v) is 13.6. The molecule has 0 bridgehead atoms. The van der Waals surface area contributed by atoms with Crippen LogP contribution < -0.4 is 10.1 Å². The summed E-state index contributed by atoms with van der Waals surface area (Å²) in [5, 5.41) is 3.44. The minimum atomic E-state index is 0.482. The predicted molar refractivity (Wildman–Crippen MR) is 84.3 cm³/mol. The first-order valence-electron chi connectivity index (χ1n) is 7.52. The molecule has 0 atom stereocenters. The van der Waals surface area contributed by atoms with Crippen molar-refractivity contribution >= 4 is 0 Å². The third-order valence-electron chi connectivity index (χ3n) is 2.92. The largest absolute Gasteiger partial charge is 0.476 e. The Labute approximate surface area is 123 Å². The molecule has 0 fully saturated rings. The van der Waals surface area contributed by atoms with Crippen molar-refractivity contribution in [1.82, 2.24) is 15.2 Å². The van der Waals surface area contributed by atoms with Gasteiger partial charge in [0.15, 0.2) is 0 Å². The third kappa shape index (κ3) is 6.87. The van der Waals surface area contributed by atoms with Gasteiger partial charge in [0.05, 0.1) is 0 Å². The quantitative estimate of drug-likeness (QED) is 0.753. The predicted octanol–water partition coefficient (Wildman–Crippen LogP) is 2.47. The summed E-state index contributed by atoms with van der Waals surface area (Å²) < 4.78 is 5.77. The molecule has 1 heterocycles. The Bertz CT molecular complexity index is 391. The topological polar surface area (TPSA) is 37.4 Å². The molecule has 114 valence electrons. The lowest BCUT2D eigenvalue weighted by Crippen LogP contribution is -2.22. The van der Waals surface area contributed by atoms with Gasteiger partial charge in [-0.05, 0) is 32.1 Å². The van der Waals surface area contributed by atoms with Gasteiger partial charge in [-0.15, -0.1) is 0 Å². The maximum atomic E-state index is 5.77. The summed E-state index contributed by atoms with van der Waals surface area (Å²) in [6, 6.07) is 4.71. The average Bonchev–Trinajstić information content (AvgIpc) is 2.36. The molecule has 0 radical (unpaired) electrons. The Morgan fingerprint density at radius 2 is 2.05 bits per heavy atom. The van der Waals surface area contributed by atoms with Crippen LogP contribution in [0.3, 0.4) is 0 Å². The van der Waals surface area contributed by atoms with Gasteiger partial charge < -0.3 is 15.0 Å². The van der Waals surface area contributed by atoms with Crippen LogP contribution in [0, 0.1) is 0 Å². The molecule has 0 amide bonds. The van der Waals surface area contributed by atoms with Crippen molar-refractivity contribution in [1.29, 1.82) is 0 Å². The van der Waals surface area contributed by atoms with Crippen LogP contribution in [0.15, 0.2) is 12.1 Å². The van der Waals surface area contributed by atoms with E-state index in [1.54, 1.807) is 0 Å². The Balaban J connectivity index is 2.70. The van der Waals surface area contributed by atoms with Crippen LogP contribution in [-0.2, 0) is 13.0 Å². The van der Waals surface area contributed by atoms with Crippen molar-refractivity contribution < 1.29 is 4.74 Å². The number of nitrogens with zero attached hydrogens (tertiary/aromatic N) is 2. The Kier molecular flexibility index (Phi) is 7.55. The molecule has 0 saturated heterocycles. The van der Waals surface area contributed by atoms with Crippen LogP contribution in [0.1, 0.15) is 38.4 Å². The van der Waals surface area contributed by atoms with E-state index in [0.717, 1.165) is 37.5 Å². The second kappa shape index (κ2) is 8.93. The minimum absolute atomic E-state index is 0.482. The average molecular weight is 279 g/mol. The van der Waals surface area contributed by atoms with E-state index in [0.29, 0.717) is 12.6 Å². The van der Waals surface area contributed by atoms with E-state index >= 15 is 0 Å². The molecule has 1 N–H and O–H groups in total. The molecular formula is C16H29N3O. The van der Waals surface area contributed by atoms with Crippen molar-refractivity contribution in [2.75, 3.05) is 27.2 Å². The molecule has 0 unspecified atom stereocenters. The first kappa shape index (κ1) is 16.9. The Hall–Kier alpha value is -1.13. The molecule has 0 saturated carbocycles. The highest BCUT2D eigenvalue weighted by molar-refractivity contribution is 5.25. The van der Waals surface area contributed by atoms with Crippen molar-refractivity contribution in [3.05, 3.63) is 23.4 Å². The van der Waals surface area contributed by atoms with E-state index in [4.69, 9.17) is 4.74 Å². The number of pyridine rings is 1. The molecule has 0 aromatic carbocycles. The second-order valence-electron chi connectivity index (χ2n) is 5.74. The monoisotopic (exact) mass is 279 g/mol. The number of hydrogen-bond acceptors (Lipinski definition) is 4. The van der Waals surface area contributed by atoms with Crippen molar-refractivity contribution in [3.8, 4) is 5.88 Å². The van der Waals surface area contributed by atoms with Gasteiger partial charge in [0.2, 0.25) is 5.88 Å². The van der Waals surface area contributed by atoms with E-state index < -0.39 is 0 Å². The fraction of sp³-hybridized carbons (Fsp3) is 0.688. The molecule has 1 aromatic rings. The molecule has 4 heteroatoms. The van der Waals surface area contributed by atoms with E-state index in [1.165, 1.54) is 5.56 Å². The van der Waals surface area contributed by atoms with Crippen LogP contribution in [0.4, 0.5) is 0 Å². The summed E-state index contributed by atoms with van der Waals surface area (Å²) in [6.07, 6.45) is 2.10. The molecular weight excluding hydrogens is 250 g/mol. The summed E-state index contributed by atoms with van der Waals surface area (Å²) in [7, 11) is 4.09. The molecule has 1 rings (SSSR count). The summed E-state index contributed by atoms with van der Waals surface area (Å²) in [6.45, 7) is 8.92. The highest BCUT2D eigenvalue weighted by Gasteiger charge is 2.05. The fourth-order valence-corrected chi connectivity index (χ4v) is 1.84. The van der Waals surface area contributed by atoms with E-state index in [-0.39, 0.29) is 0 Å². The van der Waals surface area contributed by atoms with Gasteiger partial charge in [-0.25, -0.2) is 4.98 Å². The number of ether oxygens (including phenoxy) is 1. The maximum Gasteiger partial charge on any atom is 0.213 e. The Morgan fingerprint density at radius 3 is 2.65 bits per heavy atom. The normalized spacial score (nSPS) is 11.3. The maximum absolute atomic E-state index is 5.77. The summed E-state index contributed by atoms with van der Waals surface area (Å²) in [5.41, 5.74) is 2.37. The molecule has 0 spiro atoms. The van der Waals surface area contributed by atoms with Gasteiger partial charge in [-0.3, -0.25) is 0 Å². The number of rotatable bonds is 9. The van der Waals surface area contributed by atoms with Crippen LogP contribution in [0.25, 0.3) is 0 Å². The highest BCUT2D eigenvalue weighted by Crippen LogP contribution is 2.14. The first-order chi connectivity index (χ1) is 9.51. The molecule has 0 aliphatic rings. The lowest BCUT2D eigenvalue weighted by molar-refractivity contribution is 0.253. The zero-order chi connectivity index (χ0) is 15.0. The number of nitrogens with one attached hydrogen (secondary N) is 1. The molecule has 1 aromatic heterocycles. The first-order valence-corrected chi connectivity index (χ1v) is 7.52. The lowest BCUT2D eigenvalue weighted by atomic mass is 10.1. The van der Waals surface area contributed by atoms with Crippen molar-refractivity contribution in [2.24, 2.45) is 0 Å². The molecule has 4 nitrogen and oxygen atoms in total. The van der Waals surface area contributed by atoms with Gasteiger partial charge in [0.1, 0.15) is 6.61 Å². The molecule has 0 aliphatic carbocycles. The summed E-state index contributed by atoms with van der Waals surface area (Å²) in [4.78, 5) is 6.69. The zero-order valence-electron chi connectivity index (χ0n) is 13.6. The molecule has 20 heavy (non-hydrogen) atoms. The summed E-state index contributed by atoms with van der Waals surface area (Å²) >= 11 is 0. The van der Waals surface area contributed by atoms with Crippen molar-refractivity contribution in [3.63, 3.8) is 0 Å². The second-order valence-corrected chi connectivity index (χ2v) is 5.74. The Morgan fingerprint density at radius 1 is 1.30 bits per heavy atom. The van der Waals surface area contributed by atoms with Gasteiger partial charge in [0.25, 0.3) is 0 Å². The van der Waals surface area contributed by atoms with E-state index in [1.807, 2.05) is 20.2 Å². The SMILES string of the molecule is CCCc1cc(CNC(C)C)cc(OCCN(C)C)n1. The minimum Gasteiger partial charge on any atom is -0.476 e. The third-order valence-corrected chi connectivity index (χ3v) is 2.92. The van der Waals surface area contributed by atoms with Crippen LogP contribution in [0.2, 0.25) is 0 Å². The fourth-order valence-electron chi connectivity index (χ4n) is 1.84. The number of hydrogen-bond donors (Lipinski definition) is 1. The lowest BCUT2D eigenvalue weighted by Gasteiger charge is -2.13. The van der Waals surface area contributed by atoms with Crippen molar-refractivity contribution in [2.45, 2.75) is 46.2 Å². The summed E-state index contributed by atoms with van der Waals surface area (Å²) in [5.74, 6) is 0.748. The number of likely N-dealkylation sites (N-methyl/N-ethyl adjacent to an activating group) is 1. The highest BCUT2D eigenvalue weighted by atomic mass is 16.5. The van der Waals surface area contributed by atoms with Gasteiger partial charge in [-0.1, -0.05) is 27.2 Å². The van der Waals surface area contributed by atoms with Crippen LogP contribution in [-0.4, -0.2) is 43.2 Å². The smallest absolute Gasteiger partial charge is 0.213 e. The van der Waals surface area contributed by atoms with E-state index in [2.05, 4.69) is 42.0 Å². The molecule has 0 aliphatic heterocycles. The number of aryl methyl sites for hydroxylation is 1. The number of aromatic nitrogens is 1. The van der Waals surface area contributed by atoms with Gasteiger partial charge in [0, 0.05) is 30.9 Å². The van der Waals surface area contributed by atoms with Gasteiger partial charge in [-0.2, -0.15) is 0 Å². The van der Waals surface area contributed by atoms with Crippen LogP contribution >= 0.6 is 0 Å². The van der Waals surface area contributed by atoms with Gasteiger partial charge >= 0.3 is 0 Å². The van der Waals surface area contributed by atoms with E-state index in [9.17, 15) is 0 Å².